The Morgan fingerprint density at radius 1 is 1.15 bits per heavy atom. The molecule has 140 valence electrons. The number of amides is 2. The average Bonchev–Trinajstić information content (AvgIpc) is 2.69. The zero-order valence-corrected chi connectivity index (χ0v) is 14.4. The molecule has 7 nitrogen and oxygen atoms in total. The topological polar surface area (TPSA) is 99.6 Å². The minimum absolute atomic E-state index is 0.0809. The van der Waals surface area contributed by atoms with Crippen LogP contribution in [0.3, 0.4) is 0 Å². The average molecular weight is 371 g/mol. The molecule has 1 aliphatic rings. The van der Waals surface area contributed by atoms with Crippen molar-refractivity contribution in [3.05, 3.63) is 59.7 Å². The first-order chi connectivity index (χ1) is 13.0. The molecule has 1 saturated heterocycles. The minimum Gasteiger partial charge on any atom is -0.478 e. The SMILES string of the molecule is O=C(O)c1ccc(NC(=O)C2CCCN(C(=O)c3ccncc3)C2)c(F)c1. The Morgan fingerprint density at radius 2 is 1.89 bits per heavy atom. The summed E-state index contributed by atoms with van der Waals surface area (Å²) in [5.74, 6) is -3.10. The second kappa shape index (κ2) is 7.94. The number of aromatic carboxylic acids is 1. The van der Waals surface area contributed by atoms with Crippen LogP contribution >= 0.6 is 0 Å². The van der Waals surface area contributed by atoms with Gasteiger partial charge in [0.15, 0.2) is 0 Å². The number of carboxylic acid groups (broad SMARTS) is 1. The van der Waals surface area contributed by atoms with Crippen LogP contribution < -0.4 is 5.32 Å². The molecule has 0 spiro atoms. The number of hydrogen-bond donors (Lipinski definition) is 2. The fourth-order valence-electron chi connectivity index (χ4n) is 3.04. The van der Waals surface area contributed by atoms with Gasteiger partial charge in [0.25, 0.3) is 5.91 Å². The molecule has 1 aliphatic heterocycles. The monoisotopic (exact) mass is 371 g/mol. The number of carbonyl (C=O) groups is 3. The van der Waals surface area contributed by atoms with Crippen molar-refractivity contribution in [2.45, 2.75) is 12.8 Å². The standard InChI is InChI=1S/C19H18FN3O4/c20-15-10-13(19(26)27)3-4-16(15)22-17(24)14-2-1-9-23(11-14)18(25)12-5-7-21-8-6-12/h3-8,10,14H,1-2,9,11H2,(H,22,24)(H,26,27). The number of pyridine rings is 1. The van der Waals surface area contributed by atoms with Crippen molar-refractivity contribution in [3.8, 4) is 0 Å². The lowest BCUT2D eigenvalue weighted by Crippen LogP contribution is -2.43. The molecule has 2 heterocycles. The van der Waals surface area contributed by atoms with Crippen LogP contribution in [0.2, 0.25) is 0 Å². The van der Waals surface area contributed by atoms with Crippen LogP contribution in [0.5, 0.6) is 0 Å². The van der Waals surface area contributed by atoms with E-state index in [-0.39, 0.29) is 23.7 Å². The largest absolute Gasteiger partial charge is 0.478 e. The van der Waals surface area contributed by atoms with Gasteiger partial charge in [-0.1, -0.05) is 0 Å². The fraction of sp³-hybridized carbons (Fsp3) is 0.263. The first-order valence-corrected chi connectivity index (χ1v) is 8.48. The molecule has 1 aromatic carbocycles. The lowest BCUT2D eigenvalue weighted by molar-refractivity contribution is -0.121. The molecule has 0 aliphatic carbocycles. The number of rotatable bonds is 4. The van der Waals surface area contributed by atoms with Crippen molar-refractivity contribution in [2.75, 3.05) is 18.4 Å². The van der Waals surface area contributed by atoms with Crippen LogP contribution in [0, 0.1) is 11.7 Å². The van der Waals surface area contributed by atoms with Gasteiger partial charge in [-0.25, -0.2) is 9.18 Å². The maximum atomic E-state index is 14.0. The summed E-state index contributed by atoms with van der Waals surface area (Å²) >= 11 is 0. The van der Waals surface area contributed by atoms with E-state index < -0.39 is 23.6 Å². The number of benzene rings is 1. The molecule has 1 aromatic heterocycles. The Balaban J connectivity index is 1.67. The van der Waals surface area contributed by atoms with Crippen LogP contribution in [0.15, 0.2) is 42.7 Å². The Kier molecular flexibility index (Phi) is 5.44. The Hall–Kier alpha value is -3.29. The van der Waals surface area contributed by atoms with Crippen molar-refractivity contribution in [1.82, 2.24) is 9.88 Å². The van der Waals surface area contributed by atoms with Crippen molar-refractivity contribution in [1.29, 1.82) is 0 Å². The Bertz CT molecular complexity index is 873. The summed E-state index contributed by atoms with van der Waals surface area (Å²) in [6.45, 7) is 0.786. The minimum atomic E-state index is -1.25. The van der Waals surface area contributed by atoms with Crippen molar-refractivity contribution in [3.63, 3.8) is 0 Å². The van der Waals surface area contributed by atoms with Gasteiger partial charge in [0.1, 0.15) is 5.82 Å². The highest BCUT2D eigenvalue weighted by Gasteiger charge is 2.29. The van der Waals surface area contributed by atoms with E-state index >= 15 is 0 Å². The van der Waals surface area contributed by atoms with Crippen molar-refractivity contribution < 1.29 is 23.9 Å². The van der Waals surface area contributed by atoms with Gasteiger partial charge in [-0.15, -0.1) is 0 Å². The summed E-state index contributed by atoms with van der Waals surface area (Å²) in [6.07, 6.45) is 4.31. The van der Waals surface area contributed by atoms with Crippen molar-refractivity contribution in [2.24, 2.45) is 5.92 Å². The van der Waals surface area contributed by atoms with Gasteiger partial charge in [0, 0.05) is 31.0 Å². The smallest absolute Gasteiger partial charge is 0.335 e. The van der Waals surface area contributed by atoms with Gasteiger partial charge in [-0.2, -0.15) is 0 Å². The van der Waals surface area contributed by atoms with Gasteiger partial charge in [-0.3, -0.25) is 14.6 Å². The number of nitrogens with one attached hydrogen (secondary N) is 1. The summed E-state index contributed by atoms with van der Waals surface area (Å²) in [4.78, 5) is 41.4. The number of piperidine rings is 1. The van der Waals surface area contributed by atoms with Gasteiger partial charge >= 0.3 is 5.97 Å². The third-order valence-electron chi connectivity index (χ3n) is 4.48. The highest BCUT2D eigenvalue weighted by molar-refractivity contribution is 5.96. The molecule has 1 atom stereocenters. The van der Waals surface area contributed by atoms with E-state index in [1.165, 1.54) is 24.5 Å². The van der Waals surface area contributed by atoms with Crippen LogP contribution in [-0.4, -0.2) is 45.9 Å². The van der Waals surface area contributed by atoms with Crippen LogP contribution in [0.25, 0.3) is 0 Å². The highest BCUT2D eigenvalue weighted by atomic mass is 19.1. The maximum absolute atomic E-state index is 14.0. The van der Waals surface area contributed by atoms with E-state index in [0.717, 1.165) is 6.07 Å². The number of carboxylic acids is 1. The molecule has 2 N–H and O–H groups in total. The molecule has 0 bridgehead atoms. The summed E-state index contributed by atoms with van der Waals surface area (Å²) in [7, 11) is 0. The van der Waals surface area contributed by atoms with E-state index in [2.05, 4.69) is 10.3 Å². The number of anilines is 1. The third kappa shape index (κ3) is 4.28. The molecule has 3 rings (SSSR count). The summed E-state index contributed by atoms with van der Waals surface area (Å²) in [6, 6.07) is 6.54. The number of halogens is 1. The van der Waals surface area contributed by atoms with E-state index in [9.17, 15) is 18.8 Å². The zero-order chi connectivity index (χ0) is 19.4. The molecule has 2 amide bonds. The van der Waals surface area contributed by atoms with E-state index in [4.69, 9.17) is 5.11 Å². The molecule has 0 radical (unpaired) electrons. The van der Waals surface area contributed by atoms with Gasteiger partial charge in [-0.05, 0) is 43.2 Å². The van der Waals surface area contributed by atoms with Crippen molar-refractivity contribution >= 4 is 23.5 Å². The molecule has 8 heteroatoms. The van der Waals surface area contributed by atoms with Gasteiger partial charge < -0.3 is 15.3 Å². The summed E-state index contributed by atoms with van der Waals surface area (Å²) in [5, 5.41) is 11.4. The van der Waals surface area contributed by atoms with Crippen LogP contribution in [-0.2, 0) is 4.79 Å². The summed E-state index contributed by atoms with van der Waals surface area (Å²) in [5.41, 5.74) is 0.223. The lowest BCUT2D eigenvalue weighted by Gasteiger charge is -2.32. The molecule has 0 saturated carbocycles. The zero-order valence-electron chi connectivity index (χ0n) is 14.4. The van der Waals surface area contributed by atoms with Crippen LogP contribution in [0.4, 0.5) is 10.1 Å². The first kappa shape index (κ1) is 18.5. The lowest BCUT2D eigenvalue weighted by atomic mass is 9.96. The predicted octanol–water partition coefficient (Wildman–Crippen LogP) is 2.41. The molecule has 1 unspecified atom stereocenters. The van der Waals surface area contributed by atoms with Gasteiger partial charge in [0.05, 0.1) is 17.2 Å². The molecule has 1 fully saturated rings. The number of nitrogens with zero attached hydrogens (tertiary/aromatic N) is 2. The molecule has 2 aromatic rings. The third-order valence-corrected chi connectivity index (χ3v) is 4.48. The second-order valence-electron chi connectivity index (χ2n) is 6.32. The number of hydrogen-bond acceptors (Lipinski definition) is 4. The number of carbonyl (C=O) groups excluding carboxylic acids is 2. The fourth-order valence-corrected chi connectivity index (χ4v) is 3.04. The first-order valence-electron chi connectivity index (χ1n) is 8.48. The molecular weight excluding hydrogens is 353 g/mol. The number of likely N-dealkylation sites (tertiary alicyclic amines) is 1. The maximum Gasteiger partial charge on any atom is 0.335 e. The highest BCUT2D eigenvalue weighted by Crippen LogP contribution is 2.22. The predicted molar refractivity (Wildman–Crippen MR) is 94.9 cm³/mol. The van der Waals surface area contributed by atoms with Gasteiger partial charge in [0.2, 0.25) is 5.91 Å². The van der Waals surface area contributed by atoms with Crippen LogP contribution in [0.1, 0.15) is 33.6 Å². The summed E-state index contributed by atoms with van der Waals surface area (Å²) < 4.78 is 14.0. The molecule has 27 heavy (non-hydrogen) atoms. The quantitative estimate of drug-likeness (QED) is 0.860. The van der Waals surface area contributed by atoms with E-state index in [1.54, 1.807) is 17.0 Å². The van der Waals surface area contributed by atoms with E-state index in [0.29, 0.717) is 24.9 Å². The second-order valence-corrected chi connectivity index (χ2v) is 6.32. The Morgan fingerprint density at radius 3 is 2.56 bits per heavy atom. The normalized spacial score (nSPS) is 16.6. The van der Waals surface area contributed by atoms with E-state index in [1.807, 2.05) is 0 Å². The molecular formula is C19H18FN3O4. The number of aromatic nitrogens is 1. The Labute approximate surface area is 154 Å².